The third-order valence-electron chi connectivity index (χ3n) is 3.97. The lowest BCUT2D eigenvalue weighted by atomic mass is 10.1. The third kappa shape index (κ3) is 5.47. The summed E-state index contributed by atoms with van der Waals surface area (Å²) in [5.74, 6) is -0.664. The molecule has 0 spiro atoms. The van der Waals surface area contributed by atoms with Crippen LogP contribution in [0.5, 0.6) is 0 Å². The van der Waals surface area contributed by atoms with Gasteiger partial charge < -0.3 is 10.2 Å². The Kier molecular flexibility index (Phi) is 6.49. The Morgan fingerprint density at radius 1 is 1.11 bits per heavy atom. The molecular weight excluding hydrogens is 381 g/mol. The number of halogens is 4. The summed E-state index contributed by atoms with van der Waals surface area (Å²) >= 11 is 6.08. The zero-order valence-electron chi connectivity index (χ0n) is 14.7. The summed E-state index contributed by atoms with van der Waals surface area (Å²) < 4.78 is 37.7. The van der Waals surface area contributed by atoms with Crippen LogP contribution in [0.15, 0.2) is 42.5 Å². The van der Waals surface area contributed by atoms with Crippen LogP contribution in [-0.4, -0.2) is 18.4 Å². The molecule has 0 unspecified atom stereocenters. The largest absolute Gasteiger partial charge is 0.416 e. The Bertz CT molecular complexity index is 836. The van der Waals surface area contributed by atoms with Gasteiger partial charge in [-0.15, -0.1) is 0 Å². The Hall–Kier alpha value is -2.54. The third-order valence-corrected chi connectivity index (χ3v) is 4.38. The van der Waals surface area contributed by atoms with Crippen LogP contribution in [0.2, 0.25) is 5.02 Å². The molecule has 144 valence electrons. The van der Waals surface area contributed by atoms with Gasteiger partial charge in [0, 0.05) is 36.3 Å². The molecule has 0 aliphatic carbocycles. The molecule has 0 atom stereocenters. The molecule has 0 saturated carbocycles. The van der Waals surface area contributed by atoms with E-state index in [9.17, 15) is 22.8 Å². The van der Waals surface area contributed by atoms with Crippen molar-refractivity contribution in [2.24, 2.45) is 0 Å². The van der Waals surface area contributed by atoms with E-state index in [4.69, 9.17) is 11.6 Å². The summed E-state index contributed by atoms with van der Waals surface area (Å²) in [4.78, 5) is 25.5. The molecule has 0 radical (unpaired) electrons. The molecule has 1 N–H and O–H groups in total. The van der Waals surface area contributed by atoms with Crippen LogP contribution in [0, 0.1) is 6.92 Å². The van der Waals surface area contributed by atoms with E-state index in [1.54, 1.807) is 25.1 Å². The number of nitrogens with zero attached hydrogens (tertiary/aromatic N) is 1. The fourth-order valence-electron chi connectivity index (χ4n) is 2.52. The first-order valence-corrected chi connectivity index (χ1v) is 8.47. The van der Waals surface area contributed by atoms with Crippen LogP contribution < -0.4 is 10.2 Å². The number of benzene rings is 2. The van der Waals surface area contributed by atoms with Gasteiger partial charge in [-0.25, -0.2) is 0 Å². The van der Waals surface area contributed by atoms with Gasteiger partial charge in [0.1, 0.15) is 0 Å². The number of hydrogen-bond acceptors (Lipinski definition) is 2. The lowest BCUT2D eigenvalue weighted by Crippen LogP contribution is -2.32. The molecule has 8 heteroatoms. The minimum absolute atomic E-state index is 0.0213. The molecule has 0 aliphatic heterocycles. The molecule has 0 saturated heterocycles. The van der Waals surface area contributed by atoms with Crippen molar-refractivity contribution in [1.29, 1.82) is 0 Å². The molecule has 2 rings (SSSR count). The second-order valence-corrected chi connectivity index (χ2v) is 6.34. The second-order valence-electron chi connectivity index (χ2n) is 5.93. The molecule has 0 aromatic heterocycles. The van der Waals surface area contributed by atoms with Crippen molar-refractivity contribution in [3.05, 3.63) is 58.6 Å². The highest BCUT2D eigenvalue weighted by molar-refractivity contribution is 6.31. The van der Waals surface area contributed by atoms with E-state index in [1.807, 2.05) is 0 Å². The van der Waals surface area contributed by atoms with E-state index in [0.717, 1.165) is 17.7 Å². The number of anilines is 2. The van der Waals surface area contributed by atoms with Gasteiger partial charge in [-0.1, -0.05) is 17.7 Å². The van der Waals surface area contributed by atoms with Crippen LogP contribution in [0.1, 0.15) is 24.5 Å². The lowest BCUT2D eigenvalue weighted by molar-refractivity contribution is -0.137. The lowest BCUT2D eigenvalue weighted by Gasteiger charge is -2.23. The standard InChI is InChI=1S/C19H18ClF3N2O2/c1-12-16(20)4-3-5-17(12)25(13(2)26)11-10-18(27)24-15-8-6-14(7-9-15)19(21,22)23/h3-9H,10-11H2,1-2H3,(H,24,27). The van der Waals surface area contributed by atoms with E-state index in [-0.39, 0.29) is 24.6 Å². The van der Waals surface area contributed by atoms with Gasteiger partial charge in [0.05, 0.1) is 5.56 Å². The summed E-state index contributed by atoms with van der Waals surface area (Å²) in [6, 6.07) is 9.31. The van der Waals surface area contributed by atoms with Gasteiger partial charge in [0.25, 0.3) is 0 Å². The Morgan fingerprint density at radius 2 is 1.74 bits per heavy atom. The second kappa shape index (κ2) is 8.43. The van der Waals surface area contributed by atoms with E-state index in [0.29, 0.717) is 10.7 Å². The highest BCUT2D eigenvalue weighted by Crippen LogP contribution is 2.30. The van der Waals surface area contributed by atoms with Gasteiger partial charge in [0.2, 0.25) is 11.8 Å². The summed E-state index contributed by atoms with van der Waals surface area (Å²) in [6.45, 7) is 3.27. The average molecular weight is 399 g/mol. The summed E-state index contributed by atoms with van der Waals surface area (Å²) in [6.07, 6.45) is -4.45. The number of alkyl halides is 3. The minimum Gasteiger partial charge on any atom is -0.326 e. The topological polar surface area (TPSA) is 49.4 Å². The van der Waals surface area contributed by atoms with Crippen LogP contribution >= 0.6 is 11.6 Å². The fraction of sp³-hybridized carbons (Fsp3) is 0.263. The maximum absolute atomic E-state index is 12.6. The van der Waals surface area contributed by atoms with Crippen molar-refractivity contribution in [1.82, 2.24) is 0 Å². The van der Waals surface area contributed by atoms with Crippen molar-refractivity contribution in [2.75, 3.05) is 16.8 Å². The Balaban J connectivity index is 2.02. The molecule has 0 fully saturated rings. The highest BCUT2D eigenvalue weighted by atomic mass is 35.5. The fourth-order valence-corrected chi connectivity index (χ4v) is 2.68. The maximum atomic E-state index is 12.6. The molecule has 2 aromatic carbocycles. The highest BCUT2D eigenvalue weighted by Gasteiger charge is 2.30. The molecule has 0 aliphatic rings. The monoisotopic (exact) mass is 398 g/mol. The van der Waals surface area contributed by atoms with E-state index in [2.05, 4.69) is 5.32 Å². The number of nitrogens with one attached hydrogen (secondary N) is 1. The smallest absolute Gasteiger partial charge is 0.326 e. The minimum atomic E-state index is -4.43. The van der Waals surface area contributed by atoms with E-state index >= 15 is 0 Å². The number of carbonyl (C=O) groups is 2. The first-order chi connectivity index (χ1) is 12.6. The van der Waals surface area contributed by atoms with Crippen LogP contribution in [0.4, 0.5) is 24.5 Å². The quantitative estimate of drug-likeness (QED) is 0.766. The van der Waals surface area contributed by atoms with E-state index in [1.165, 1.54) is 24.0 Å². The van der Waals surface area contributed by atoms with Gasteiger partial charge in [-0.05, 0) is 48.9 Å². The summed E-state index contributed by atoms with van der Waals surface area (Å²) in [5.41, 5.74) is 0.788. The van der Waals surface area contributed by atoms with Gasteiger partial charge in [0.15, 0.2) is 0 Å². The number of hydrogen-bond donors (Lipinski definition) is 1. The van der Waals surface area contributed by atoms with Crippen molar-refractivity contribution in [2.45, 2.75) is 26.4 Å². The predicted molar refractivity (Wildman–Crippen MR) is 98.9 cm³/mol. The van der Waals surface area contributed by atoms with Gasteiger partial charge >= 0.3 is 6.18 Å². The van der Waals surface area contributed by atoms with Gasteiger partial charge in [-0.3, -0.25) is 9.59 Å². The van der Waals surface area contributed by atoms with E-state index < -0.39 is 17.6 Å². The molecule has 2 aromatic rings. The molecule has 27 heavy (non-hydrogen) atoms. The van der Waals surface area contributed by atoms with Crippen molar-refractivity contribution in [3.8, 4) is 0 Å². The predicted octanol–water partition coefficient (Wildman–Crippen LogP) is 5.05. The first-order valence-electron chi connectivity index (χ1n) is 8.10. The Morgan fingerprint density at radius 3 is 2.30 bits per heavy atom. The van der Waals surface area contributed by atoms with Crippen molar-refractivity contribution in [3.63, 3.8) is 0 Å². The average Bonchev–Trinajstić information content (AvgIpc) is 2.58. The SMILES string of the molecule is CC(=O)N(CCC(=O)Nc1ccc(C(F)(F)F)cc1)c1cccc(Cl)c1C. The summed E-state index contributed by atoms with van der Waals surface area (Å²) in [7, 11) is 0. The molecule has 0 bridgehead atoms. The van der Waals surface area contributed by atoms with Crippen molar-refractivity contribution >= 4 is 34.8 Å². The van der Waals surface area contributed by atoms with Crippen LogP contribution in [0.3, 0.4) is 0 Å². The zero-order chi connectivity index (χ0) is 20.2. The normalized spacial score (nSPS) is 11.2. The first kappa shape index (κ1) is 20.8. The van der Waals surface area contributed by atoms with Crippen LogP contribution in [-0.2, 0) is 15.8 Å². The Labute approximate surface area is 159 Å². The zero-order valence-corrected chi connectivity index (χ0v) is 15.5. The van der Waals surface area contributed by atoms with Gasteiger partial charge in [-0.2, -0.15) is 13.2 Å². The molecule has 2 amide bonds. The number of carbonyl (C=O) groups excluding carboxylic acids is 2. The maximum Gasteiger partial charge on any atom is 0.416 e. The molecule has 0 heterocycles. The number of rotatable bonds is 5. The number of amides is 2. The van der Waals surface area contributed by atoms with Crippen LogP contribution in [0.25, 0.3) is 0 Å². The molecular formula is C19H18ClF3N2O2. The summed E-state index contributed by atoms with van der Waals surface area (Å²) in [5, 5.41) is 3.03. The molecule has 4 nitrogen and oxygen atoms in total. The van der Waals surface area contributed by atoms with Crippen molar-refractivity contribution < 1.29 is 22.8 Å².